The number of phenolic OH excluding ortho intramolecular Hbond substituents is 3. The molecule has 2 aliphatic heterocycles. The third-order valence-electron chi connectivity index (χ3n) is 7.22. The zero-order valence-electron chi connectivity index (χ0n) is 22.1. The lowest BCUT2D eigenvalue weighted by atomic mass is 9.99. The predicted molar refractivity (Wildman–Crippen MR) is 140 cm³/mol. The minimum atomic E-state index is -1.82. The Balaban J connectivity index is 1.61. The summed E-state index contributed by atoms with van der Waals surface area (Å²) >= 11 is 0. The molecule has 0 aliphatic carbocycles. The number of fused-ring (bicyclic) bond motifs is 1. The van der Waals surface area contributed by atoms with Crippen molar-refractivity contribution >= 4 is 11.0 Å². The van der Waals surface area contributed by atoms with Crippen molar-refractivity contribution in [1.82, 2.24) is 0 Å². The summed E-state index contributed by atoms with van der Waals surface area (Å²) in [4.78, 5) is 0. The minimum absolute atomic E-state index is 0.0427. The van der Waals surface area contributed by atoms with Crippen LogP contribution >= 0.6 is 0 Å². The van der Waals surface area contributed by atoms with Gasteiger partial charge in [-0.1, -0.05) is 0 Å². The van der Waals surface area contributed by atoms with Gasteiger partial charge in [-0.15, -0.1) is 0 Å². The van der Waals surface area contributed by atoms with Crippen molar-refractivity contribution < 1.29 is 79.5 Å². The van der Waals surface area contributed by atoms with Gasteiger partial charge in [0.05, 0.1) is 24.8 Å². The molecule has 16 nitrogen and oxygen atoms in total. The van der Waals surface area contributed by atoms with E-state index in [0.717, 1.165) is 18.2 Å². The van der Waals surface area contributed by atoms with Gasteiger partial charge in [-0.05, 0) is 12.1 Å². The van der Waals surface area contributed by atoms with Crippen LogP contribution in [-0.4, -0.2) is 131 Å². The highest BCUT2D eigenvalue weighted by atomic mass is 16.7. The van der Waals surface area contributed by atoms with Gasteiger partial charge in [0.15, 0.2) is 11.5 Å². The first kappa shape index (κ1) is 30.9. The highest BCUT2D eigenvalue weighted by Crippen LogP contribution is 2.43. The summed E-state index contributed by atoms with van der Waals surface area (Å²) in [5, 5.41) is 111. The van der Waals surface area contributed by atoms with Crippen LogP contribution in [0.3, 0.4) is 0 Å². The molecule has 2 saturated heterocycles. The Morgan fingerprint density at radius 3 is 1.72 bits per heavy atom. The number of rotatable bonds is 7. The van der Waals surface area contributed by atoms with Crippen LogP contribution < -0.4 is 9.47 Å². The fourth-order valence-corrected chi connectivity index (χ4v) is 4.80. The van der Waals surface area contributed by atoms with E-state index in [4.69, 9.17) is 23.4 Å². The van der Waals surface area contributed by atoms with Crippen LogP contribution in [0.4, 0.5) is 0 Å². The van der Waals surface area contributed by atoms with E-state index < -0.39 is 91.9 Å². The summed E-state index contributed by atoms with van der Waals surface area (Å²) in [5.41, 5.74) is 0.0554. The van der Waals surface area contributed by atoms with Crippen LogP contribution in [0, 0.1) is 0 Å². The monoisotopic (exact) mass is 611 g/mol. The molecule has 0 bridgehead atoms. The van der Waals surface area contributed by atoms with E-state index in [2.05, 4.69) is 0 Å². The molecule has 10 atom stereocenters. The second-order valence-electron chi connectivity index (χ2n) is 10.1. The molecular weight excluding hydrogens is 580 g/mol. The topological polar surface area (TPSA) is 271 Å². The van der Waals surface area contributed by atoms with Crippen molar-refractivity contribution in [2.45, 2.75) is 61.4 Å². The minimum Gasteiger partial charge on any atom is -0.507 e. The average molecular weight is 612 g/mol. The zero-order valence-corrected chi connectivity index (χ0v) is 22.1. The third-order valence-corrected chi connectivity index (χ3v) is 7.22. The Hall–Kier alpha value is -3.55. The summed E-state index contributed by atoms with van der Waals surface area (Å²) < 4.78 is 28.4. The van der Waals surface area contributed by atoms with E-state index in [-0.39, 0.29) is 33.8 Å². The molecule has 43 heavy (non-hydrogen) atoms. The molecule has 1 unspecified atom stereocenters. The zero-order chi connectivity index (χ0) is 31.2. The molecule has 2 aliphatic rings. The summed E-state index contributed by atoms with van der Waals surface area (Å²) in [6.07, 6.45) is -16.4. The molecule has 0 amide bonds. The molecule has 3 aromatic rings. The lowest BCUT2D eigenvalue weighted by molar-refractivity contribution is -0.277. The normalized spacial score (nSPS) is 32.9. The number of hydrogen-bond acceptors (Lipinski definition) is 15. The fraction of sp³-hybridized carbons (Fsp3) is 0.444. The summed E-state index contributed by atoms with van der Waals surface area (Å²) in [6, 6.07) is 7.17. The van der Waals surface area contributed by atoms with Crippen molar-refractivity contribution in [3.63, 3.8) is 0 Å². The first-order valence-corrected chi connectivity index (χ1v) is 13.0. The molecule has 0 saturated carbocycles. The second kappa shape index (κ2) is 12.2. The molecule has 2 fully saturated rings. The molecular formula is C27H31O16+. The second-order valence-corrected chi connectivity index (χ2v) is 10.1. The maximum Gasteiger partial charge on any atom is 0.402 e. The maximum atomic E-state index is 10.6. The van der Waals surface area contributed by atoms with E-state index in [1.807, 2.05) is 0 Å². The Labute approximate surface area is 242 Å². The molecule has 16 heteroatoms. The molecule has 0 spiro atoms. The lowest BCUT2D eigenvalue weighted by Gasteiger charge is -2.39. The number of aliphatic hydroxyl groups excluding tert-OH is 8. The van der Waals surface area contributed by atoms with E-state index in [0.29, 0.717) is 0 Å². The number of aliphatic hydroxyl groups is 8. The van der Waals surface area contributed by atoms with Gasteiger partial charge in [0.1, 0.15) is 65.7 Å². The van der Waals surface area contributed by atoms with Crippen LogP contribution in [0.2, 0.25) is 0 Å². The van der Waals surface area contributed by atoms with Gasteiger partial charge in [-0.25, -0.2) is 4.42 Å². The van der Waals surface area contributed by atoms with E-state index in [9.17, 15) is 56.2 Å². The molecule has 2 aromatic carbocycles. The van der Waals surface area contributed by atoms with Crippen LogP contribution in [0.15, 0.2) is 40.8 Å². The number of phenols is 3. The first-order valence-electron chi connectivity index (χ1n) is 13.0. The molecule has 1 aromatic heterocycles. The number of hydrogen-bond donors (Lipinski definition) is 11. The van der Waals surface area contributed by atoms with Gasteiger partial charge in [-0.3, -0.25) is 0 Å². The highest BCUT2D eigenvalue weighted by Gasteiger charge is 2.47. The van der Waals surface area contributed by atoms with Gasteiger partial charge in [0, 0.05) is 18.2 Å². The molecule has 11 N–H and O–H groups in total. The van der Waals surface area contributed by atoms with Gasteiger partial charge >= 0.3 is 11.3 Å². The third kappa shape index (κ3) is 5.85. The largest absolute Gasteiger partial charge is 0.507 e. The Morgan fingerprint density at radius 1 is 0.628 bits per heavy atom. The van der Waals surface area contributed by atoms with E-state index in [1.165, 1.54) is 18.2 Å². The lowest BCUT2D eigenvalue weighted by Crippen LogP contribution is -2.60. The average Bonchev–Trinajstić information content (AvgIpc) is 2.98. The Kier molecular flexibility index (Phi) is 8.77. The first-order chi connectivity index (χ1) is 20.4. The number of benzene rings is 2. The van der Waals surface area contributed by atoms with Crippen molar-refractivity contribution in [2.24, 2.45) is 0 Å². The summed E-state index contributed by atoms with van der Waals surface area (Å²) in [5.74, 6) is -1.96. The summed E-state index contributed by atoms with van der Waals surface area (Å²) in [6.45, 7) is -1.46. The highest BCUT2D eigenvalue weighted by molar-refractivity contribution is 5.89. The van der Waals surface area contributed by atoms with Crippen molar-refractivity contribution in [2.75, 3.05) is 13.2 Å². The Morgan fingerprint density at radius 2 is 1.19 bits per heavy atom. The SMILES string of the molecule is OC[C@H]1O[C@@H](Oc2cc(O)cc3[o+]c(-c4ccc(O)c(O)c4)c(O[C@@H]4O[C@H](CO)[C@@H](O)C(O)[C@H]4O)cc23)[C@H](O)[C@@H](O)[C@@H]1O. The quantitative estimate of drug-likeness (QED) is 0.100. The van der Waals surface area contributed by atoms with Crippen molar-refractivity contribution in [3.8, 4) is 40.1 Å². The van der Waals surface area contributed by atoms with Gasteiger partial charge in [0.25, 0.3) is 0 Å². The van der Waals surface area contributed by atoms with Crippen LogP contribution in [0.1, 0.15) is 0 Å². The van der Waals surface area contributed by atoms with E-state index in [1.54, 1.807) is 0 Å². The van der Waals surface area contributed by atoms with Crippen molar-refractivity contribution in [1.29, 1.82) is 0 Å². The number of ether oxygens (including phenoxy) is 4. The molecule has 5 rings (SSSR count). The number of aromatic hydroxyl groups is 3. The van der Waals surface area contributed by atoms with E-state index >= 15 is 0 Å². The van der Waals surface area contributed by atoms with Gasteiger partial charge in [0.2, 0.25) is 18.3 Å². The maximum absolute atomic E-state index is 10.6. The van der Waals surface area contributed by atoms with Gasteiger partial charge in [-0.2, -0.15) is 0 Å². The fourth-order valence-electron chi connectivity index (χ4n) is 4.80. The van der Waals surface area contributed by atoms with Crippen LogP contribution in [0.5, 0.6) is 28.7 Å². The predicted octanol–water partition coefficient (Wildman–Crippen LogP) is -2.14. The standard InChI is InChI=1S/C27H30O16/c28-7-17-19(33)21(35)23(37)26(42-17)40-15-5-10(30)4-14-11(15)6-16(25(39-14)9-1-2-12(31)13(32)3-9)41-27-24(38)22(36)20(34)18(8-29)43-27/h1-6,17-24,26-29,33-38H,7-8H2,(H2-,30,31,32)/p+1/t17-,18-,19-,20-,21+,22?,23-,24-,26-,27-/m1/s1. The molecule has 3 heterocycles. The van der Waals surface area contributed by atoms with Crippen LogP contribution in [0.25, 0.3) is 22.3 Å². The molecule has 234 valence electrons. The summed E-state index contributed by atoms with van der Waals surface area (Å²) in [7, 11) is 0. The Bertz CT molecular complexity index is 1450. The van der Waals surface area contributed by atoms with Crippen LogP contribution in [-0.2, 0) is 9.47 Å². The smallest absolute Gasteiger partial charge is 0.402 e. The van der Waals surface area contributed by atoms with Gasteiger partial charge < -0.3 is 75.1 Å². The molecule has 0 radical (unpaired) electrons. The van der Waals surface area contributed by atoms with Crippen molar-refractivity contribution in [3.05, 3.63) is 36.4 Å².